The first-order chi connectivity index (χ1) is 9.58. The first-order valence-corrected chi connectivity index (χ1v) is 7.63. The van der Waals surface area contributed by atoms with Gasteiger partial charge < -0.3 is 15.1 Å². The van der Waals surface area contributed by atoms with Crippen LogP contribution in [0.15, 0.2) is 18.3 Å². The minimum Gasteiger partial charge on any atom is -0.373 e. The fourth-order valence-electron chi connectivity index (χ4n) is 2.29. The Hall–Kier alpha value is -1.13. The minimum atomic E-state index is 0.369. The molecular formula is C16H30N4. The van der Waals surface area contributed by atoms with Crippen LogP contribution in [0.2, 0.25) is 0 Å². The Morgan fingerprint density at radius 3 is 2.40 bits per heavy atom. The van der Waals surface area contributed by atoms with Crippen molar-refractivity contribution in [3.05, 3.63) is 24.0 Å². The highest BCUT2D eigenvalue weighted by atomic mass is 15.1. The number of anilines is 1. The maximum absolute atomic E-state index is 4.62. The maximum atomic E-state index is 4.62. The molecule has 1 rings (SSSR count). The second-order valence-electron chi connectivity index (χ2n) is 5.54. The Morgan fingerprint density at radius 1 is 1.15 bits per heavy atom. The summed E-state index contributed by atoms with van der Waals surface area (Å²) in [6.07, 6.45) is 4.23. The summed E-state index contributed by atoms with van der Waals surface area (Å²) in [5.41, 5.74) is 2.33. The van der Waals surface area contributed by atoms with Crippen molar-refractivity contribution in [2.45, 2.75) is 32.7 Å². The second kappa shape index (κ2) is 8.93. The molecule has 0 amide bonds. The number of aromatic nitrogens is 1. The highest BCUT2D eigenvalue weighted by molar-refractivity contribution is 5.43. The molecule has 0 spiro atoms. The monoisotopic (exact) mass is 278 g/mol. The van der Waals surface area contributed by atoms with Crippen LogP contribution in [0, 0.1) is 0 Å². The summed E-state index contributed by atoms with van der Waals surface area (Å²) in [5, 5.41) is 3.46. The van der Waals surface area contributed by atoms with Crippen LogP contribution in [0.3, 0.4) is 0 Å². The SMILES string of the molecule is CCNC(CC)c1ccc(N(C)CCCN(C)C)cn1. The summed E-state index contributed by atoms with van der Waals surface area (Å²) in [5.74, 6) is 0. The third kappa shape index (κ3) is 5.47. The van der Waals surface area contributed by atoms with Gasteiger partial charge in [0.25, 0.3) is 0 Å². The Labute approximate surface area is 124 Å². The molecule has 0 saturated heterocycles. The molecule has 1 aromatic rings. The molecular weight excluding hydrogens is 248 g/mol. The zero-order chi connectivity index (χ0) is 15.0. The van der Waals surface area contributed by atoms with E-state index in [2.05, 4.69) is 67.2 Å². The van der Waals surface area contributed by atoms with Gasteiger partial charge in [0.2, 0.25) is 0 Å². The molecule has 4 heteroatoms. The average molecular weight is 278 g/mol. The summed E-state index contributed by atoms with van der Waals surface area (Å²) >= 11 is 0. The molecule has 0 aliphatic rings. The second-order valence-corrected chi connectivity index (χ2v) is 5.54. The molecule has 0 aromatic carbocycles. The predicted octanol–water partition coefficient (Wildman–Crippen LogP) is 2.53. The van der Waals surface area contributed by atoms with Crippen molar-refractivity contribution in [1.29, 1.82) is 0 Å². The van der Waals surface area contributed by atoms with Gasteiger partial charge in [-0.2, -0.15) is 0 Å². The Kier molecular flexibility index (Phi) is 7.55. The molecule has 114 valence electrons. The van der Waals surface area contributed by atoms with Crippen LogP contribution >= 0.6 is 0 Å². The summed E-state index contributed by atoms with van der Waals surface area (Å²) < 4.78 is 0. The number of nitrogens with zero attached hydrogens (tertiary/aromatic N) is 3. The predicted molar refractivity (Wildman–Crippen MR) is 87.4 cm³/mol. The molecule has 0 radical (unpaired) electrons. The van der Waals surface area contributed by atoms with Crippen LogP contribution in [0.4, 0.5) is 5.69 Å². The van der Waals surface area contributed by atoms with Crippen molar-refractivity contribution in [1.82, 2.24) is 15.2 Å². The lowest BCUT2D eigenvalue weighted by molar-refractivity contribution is 0.401. The van der Waals surface area contributed by atoms with E-state index in [1.165, 1.54) is 12.1 Å². The maximum Gasteiger partial charge on any atom is 0.0574 e. The fourth-order valence-corrected chi connectivity index (χ4v) is 2.29. The molecule has 0 aliphatic heterocycles. The smallest absolute Gasteiger partial charge is 0.0574 e. The average Bonchev–Trinajstić information content (AvgIpc) is 2.44. The molecule has 1 N–H and O–H groups in total. The van der Waals surface area contributed by atoms with Crippen molar-refractivity contribution in [2.75, 3.05) is 45.7 Å². The normalized spacial score (nSPS) is 12.7. The van der Waals surface area contributed by atoms with E-state index in [0.717, 1.165) is 31.7 Å². The van der Waals surface area contributed by atoms with Gasteiger partial charge in [-0.25, -0.2) is 0 Å². The van der Waals surface area contributed by atoms with Gasteiger partial charge in [-0.05, 0) is 52.2 Å². The van der Waals surface area contributed by atoms with Crippen LogP contribution in [-0.4, -0.2) is 50.7 Å². The van der Waals surface area contributed by atoms with Gasteiger partial charge >= 0.3 is 0 Å². The van der Waals surface area contributed by atoms with E-state index in [1.807, 2.05) is 6.20 Å². The van der Waals surface area contributed by atoms with E-state index in [1.54, 1.807) is 0 Å². The van der Waals surface area contributed by atoms with E-state index < -0.39 is 0 Å². The molecule has 4 nitrogen and oxygen atoms in total. The third-order valence-corrected chi connectivity index (χ3v) is 3.53. The Morgan fingerprint density at radius 2 is 1.90 bits per heavy atom. The standard InChI is InChI=1S/C16H30N4/c1-6-15(17-7-2)16-10-9-14(13-18-16)20(5)12-8-11-19(3)4/h9-10,13,15,17H,6-8,11-12H2,1-5H3. The van der Waals surface area contributed by atoms with Crippen molar-refractivity contribution in [2.24, 2.45) is 0 Å². The van der Waals surface area contributed by atoms with Gasteiger partial charge in [-0.3, -0.25) is 4.98 Å². The molecule has 0 bridgehead atoms. The van der Waals surface area contributed by atoms with Gasteiger partial charge in [-0.15, -0.1) is 0 Å². The van der Waals surface area contributed by atoms with E-state index in [-0.39, 0.29) is 0 Å². The summed E-state index contributed by atoms with van der Waals surface area (Å²) in [6, 6.07) is 4.69. The highest BCUT2D eigenvalue weighted by Gasteiger charge is 2.09. The number of rotatable bonds is 9. The number of hydrogen-bond acceptors (Lipinski definition) is 4. The quantitative estimate of drug-likeness (QED) is 0.752. The summed E-state index contributed by atoms with van der Waals surface area (Å²) in [6.45, 7) is 7.48. The number of nitrogens with one attached hydrogen (secondary N) is 1. The van der Waals surface area contributed by atoms with E-state index in [9.17, 15) is 0 Å². The van der Waals surface area contributed by atoms with Gasteiger partial charge in [0.1, 0.15) is 0 Å². The first-order valence-electron chi connectivity index (χ1n) is 7.63. The third-order valence-electron chi connectivity index (χ3n) is 3.53. The van der Waals surface area contributed by atoms with Crippen molar-refractivity contribution in [3.8, 4) is 0 Å². The lowest BCUT2D eigenvalue weighted by Crippen LogP contribution is -2.24. The van der Waals surface area contributed by atoms with Gasteiger partial charge in [0, 0.05) is 19.6 Å². The minimum absolute atomic E-state index is 0.369. The van der Waals surface area contributed by atoms with E-state index in [0.29, 0.717) is 6.04 Å². The van der Waals surface area contributed by atoms with Crippen LogP contribution in [-0.2, 0) is 0 Å². The van der Waals surface area contributed by atoms with Gasteiger partial charge in [0.15, 0.2) is 0 Å². The summed E-state index contributed by atoms with van der Waals surface area (Å²) in [4.78, 5) is 9.11. The fraction of sp³-hybridized carbons (Fsp3) is 0.688. The molecule has 0 aliphatic carbocycles. The highest BCUT2D eigenvalue weighted by Crippen LogP contribution is 2.18. The first kappa shape index (κ1) is 16.9. The lowest BCUT2D eigenvalue weighted by Gasteiger charge is -2.21. The van der Waals surface area contributed by atoms with Gasteiger partial charge in [-0.1, -0.05) is 13.8 Å². The van der Waals surface area contributed by atoms with Crippen molar-refractivity contribution < 1.29 is 0 Å². The molecule has 1 atom stereocenters. The van der Waals surface area contributed by atoms with Crippen LogP contribution in [0.25, 0.3) is 0 Å². The Balaban J connectivity index is 2.56. The molecule has 0 saturated carbocycles. The largest absolute Gasteiger partial charge is 0.373 e. The molecule has 1 unspecified atom stereocenters. The lowest BCUT2D eigenvalue weighted by atomic mass is 10.1. The molecule has 20 heavy (non-hydrogen) atoms. The summed E-state index contributed by atoms with van der Waals surface area (Å²) in [7, 11) is 6.36. The number of pyridine rings is 1. The van der Waals surface area contributed by atoms with Crippen LogP contribution < -0.4 is 10.2 Å². The van der Waals surface area contributed by atoms with Crippen molar-refractivity contribution >= 4 is 5.69 Å². The Bertz CT molecular complexity index is 361. The topological polar surface area (TPSA) is 31.4 Å². The van der Waals surface area contributed by atoms with Crippen molar-refractivity contribution in [3.63, 3.8) is 0 Å². The zero-order valence-electron chi connectivity index (χ0n) is 13.7. The van der Waals surface area contributed by atoms with Crippen LogP contribution in [0.1, 0.15) is 38.4 Å². The molecule has 0 fully saturated rings. The van der Waals surface area contributed by atoms with Gasteiger partial charge in [0.05, 0.1) is 17.6 Å². The zero-order valence-corrected chi connectivity index (χ0v) is 13.7. The molecule has 1 heterocycles. The molecule has 1 aromatic heterocycles. The van der Waals surface area contributed by atoms with Crippen LogP contribution in [0.5, 0.6) is 0 Å². The van der Waals surface area contributed by atoms with E-state index >= 15 is 0 Å². The van der Waals surface area contributed by atoms with E-state index in [4.69, 9.17) is 0 Å². The number of hydrogen-bond donors (Lipinski definition) is 1.